The molecule has 2 heterocycles. The molecule has 1 aliphatic rings. The highest BCUT2D eigenvalue weighted by Gasteiger charge is 2.21. The van der Waals surface area contributed by atoms with Gasteiger partial charge in [-0.2, -0.15) is 0 Å². The van der Waals surface area contributed by atoms with E-state index in [1.807, 2.05) is 52.0 Å². The molecule has 1 aliphatic heterocycles. The fraction of sp³-hybridized carbons (Fsp3) is 0.231. The fourth-order valence-corrected chi connectivity index (χ4v) is 4.04. The minimum Gasteiger partial charge on any atom is -0.368 e. The maximum absolute atomic E-state index is 14.2. The van der Waals surface area contributed by atoms with Crippen LogP contribution in [0, 0.1) is 0 Å². The van der Waals surface area contributed by atoms with E-state index in [0.29, 0.717) is 25.3 Å². The maximum Gasteiger partial charge on any atom is 0.142 e. The summed E-state index contributed by atoms with van der Waals surface area (Å²) in [7, 11) is 0. The van der Waals surface area contributed by atoms with Crippen molar-refractivity contribution in [3.8, 4) is 5.69 Å². The third-order valence-electron chi connectivity index (χ3n) is 5.83. The lowest BCUT2D eigenvalue weighted by atomic mass is 10.1. The van der Waals surface area contributed by atoms with Crippen molar-refractivity contribution in [2.75, 3.05) is 26.2 Å². The van der Waals surface area contributed by atoms with Crippen molar-refractivity contribution < 1.29 is 4.39 Å². The molecule has 2 aromatic carbocycles. The van der Waals surface area contributed by atoms with Crippen molar-refractivity contribution in [3.05, 3.63) is 103 Å². The van der Waals surface area contributed by atoms with E-state index in [2.05, 4.69) is 39.8 Å². The quantitative estimate of drug-likeness (QED) is 0.517. The van der Waals surface area contributed by atoms with Gasteiger partial charge in [-0.25, -0.2) is 9.07 Å². The summed E-state index contributed by atoms with van der Waals surface area (Å²) in [5.41, 5.74) is 4.50. The van der Waals surface area contributed by atoms with Crippen LogP contribution in [0.25, 0.3) is 16.7 Å². The molecule has 1 fully saturated rings. The topological polar surface area (TPSA) is 49.2 Å². The SMILES string of the molecule is C=C/C=C(\C(F)=C/C)N1CCN(C(=C)NCc2ccccc2-n2nnc3ccccc32)CC1. The molecule has 1 saturated heterocycles. The second-order valence-corrected chi connectivity index (χ2v) is 7.82. The average Bonchev–Trinajstić information content (AvgIpc) is 3.30. The van der Waals surface area contributed by atoms with Gasteiger partial charge in [0, 0.05) is 32.7 Å². The molecule has 0 saturated carbocycles. The first-order valence-corrected chi connectivity index (χ1v) is 11.1. The van der Waals surface area contributed by atoms with Gasteiger partial charge >= 0.3 is 0 Å². The number of nitrogens with one attached hydrogen (secondary N) is 1. The predicted octanol–water partition coefficient (Wildman–Crippen LogP) is 4.54. The number of rotatable bonds is 8. The highest BCUT2D eigenvalue weighted by molar-refractivity contribution is 5.76. The second-order valence-electron chi connectivity index (χ2n) is 7.82. The average molecular weight is 445 g/mol. The first kappa shape index (κ1) is 22.3. The van der Waals surface area contributed by atoms with E-state index in [0.717, 1.165) is 41.2 Å². The van der Waals surface area contributed by atoms with Crippen LogP contribution in [0.2, 0.25) is 0 Å². The van der Waals surface area contributed by atoms with Crippen molar-refractivity contribution >= 4 is 11.0 Å². The van der Waals surface area contributed by atoms with E-state index in [1.54, 1.807) is 19.1 Å². The molecule has 0 unspecified atom stereocenters. The van der Waals surface area contributed by atoms with Crippen LogP contribution in [0.15, 0.2) is 97.3 Å². The smallest absolute Gasteiger partial charge is 0.142 e. The Balaban J connectivity index is 1.41. The second kappa shape index (κ2) is 10.2. The van der Waals surface area contributed by atoms with Gasteiger partial charge in [-0.1, -0.05) is 54.8 Å². The molecular formula is C26H29FN6. The third-order valence-corrected chi connectivity index (χ3v) is 5.83. The summed E-state index contributed by atoms with van der Waals surface area (Å²) in [6.07, 6.45) is 4.84. The van der Waals surface area contributed by atoms with Gasteiger partial charge in [0.2, 0.25) is 0 Å². The van der Waals surface area contributed by atoms with Gasteiger partial charge < -0.3 is 15.1 Å². The summed E-state index contributed by atoms with van der Waals surface area (Å²) >= 11 is 0. The Morgan fingerprint density at radius 1 is 1.06 bits per heavy atom. The maximum atomic E-state index is 14.2. The first-order chi connectivity index (χ1) is 16.1. The van der Waals surface area contributed by atoms with Crippen molar-refractivity contribution in [3.63, 3.8) is 0 Å². The molecule has 1 N–H and O–H groups in total. The molecule has 0 atom stereocenters. The van der Waals surface area contributed by atoms with Gasteiger partial charge in [0.05, 0.1) is 22.7 Å². The standard InChI is InChI=1S/C26H29FN6/c1-4-10-25(22(27)5-2)32-17-15-31(16-18-32)20(3)28-19-21-11-6-8-13-24(21)33-26-14-9-7-12-23(26)29-30-33/h4-14,28H,1,3,15-19H2,2H3/b22-5+,25-10+. The molecule has 33 heavy (non-hydrogen) atoms. The van der Waals surface area contributed by atoms with Gasteiger partial charge in [0.25, 0.3) is 0 Å². The Morgan fingerprint density at radius 2 is 1.76 bits per heavy atom. The van der Waals surface area contributed by atoms with Crippen molar-refractivity contribution in [2.45, 2.75) is 13.5 Å². The predicted molar refractivity (Wildman–Crippen MR) is 131 cm³/mol. The van der Waals surface area contributed by atoms with Gasteiger partial charge in [-0.3, -0.25) is 0 Å². The van der Waals surface area contributed by atoms with Crippen LogP contribution >= 0.6 is 0 Å². The number of allylic oxidation sites excluding steroid dienone is 4. The zero-order valence-electron chi connectivity index (χ0n) is 18.9. The Kier molecular flexibility index (Phi) is 6.88. The van der Waals surface area contributed by atoms with E-state index >= 15 is 0 Å². The molecule has 4 rings (SSSR count). The highest BCUT2D eigenvalue weighted by atomic mass is 19.1. The fourth-order valence-electron chi connectivity index (χ4n) is 4.04. The number of aromatic nitrogens is 3. The summed E-state index contributed by atoms with van der Waals surface area (Å²) in [4.78, 5) is 4.25. The molecule has 0 spiro atoms. The largest absolute Gasteiger partial charge is 0.368 e. The Hall–Kier alpha value is -3.87. The van der Waals surface area contributed by atoms with Crippen LogP contribution in [0.3, 0.4) is 0 Å². The number of nitrogens with zero attached hydrogens (tertiary/aromatic N) is 5. The lowest BCUT2D eigenvalue weighted by Crippen LogP contribution is -2.47. The lowest BCUT2D eigenvalue weighted by molar-refractivity contribution is 0.182. The molecule has 1 aromatic heterocycles. The summed E-state index contributed by atoms with van der Waals surface area (Å²) in [5.74, 6) is 0.631. The van der Waals surface area contributed by atoms with Crippen LogP contribution in [-0.2, 0) is 6.54 Å². The number of para-hydroxylation sites is 2. The van der Waals surface area contributed by atoms with Crippen LogP contribution in [0.4, 0.5) is 4.39 Å². The molecule has 0 aliphatic carbocycles. The van der Waals surface area contributed by atoms with Gasteiger partial charge in [0.15, 0.2) is 0 Å². The molecule has 0 amide bonds. The van der Waals surface area contributed by atoms with Crippen LogP contribution in [-0.4, -0.2) is 51.0 Å². The van der Waals surface area contributed by atoms with E-state index in [4.69, 9.17) is 0 Å². The number of halogens is 1. The Labute approximate surface area is 194 Å². The lowest BCUT2D eigenvalue weighted by Gasteiger charge is -2.39. The Morgan fingerprint density at radius 3 is 2.52 bits per heavy atom. The minimum absolute atomic E-state index is 0.224. The summed E-state index contributed by atoms with van der Waals surface area (Å²) in [6, 6.07) is 16.1. The Bertz CT molecular complexity index is 1200. The zero-order valence-corrected chi connectivity index (χ0v) is 18.9. The highest BCUT2D eigenvalue weighted by Crippen LogP contribution is 2.21. The molecule has 170 valence electrons. The third kappa shape index (κ3) is 4.82. The molecule has 6 nitrogen and oxygen atoms in total. The van der Waals surface area contributed by atoms with E-state index in [-0.39, 0.29) is 5.83 Å². The number of piperazine rings is 1. The van der Waals surface area contributed by atoms with Crippen LogP contribution in [0.1, 0.15) is 12.5 Å². The van der Waals surface area contributed by atoms with E-state index in [1.165, 1.54) is 6.08 Å². The van der Waals surface area contributed by atoms with E-state index in [9.17, 15) is 4.39 Å². The number of hydrogen-bond donors (Lipinski definition) is 1. The molecule has 3 aromatic rings. The summed E-state index contributed by atoms with van der Waals surface area (Å²) < 4.78 is 16.1. The summed E-state index contributed by atoms with van der Waals surface area (Å²) in [6.45, 7) is 13.2. The monoisotopic (exact) mass is 444 g/mol. The first-order valence-electron chi connectivity index (χ1n) is 11.1. The van der Waals surface area contributed by atoms with Gasteiger partial charge in [0.1, 0.15) is 11.3 Å². The van der Waals surface area contributed by atoms with Crippen molar-refractivity contribution in [2.24, 2.45) is 0 Å². The molecule has 0 radical (unpaired) electrons. The van der Waals surface area contributed by atoms with Crippen molar-refractivity contribution in [1.29, 1.82) is 0 Å². The van der Waals surface area contributed by atoms with Crippen LogP contribution < -0.4 is 5.32 Å². The van der Waals surface area contributed by atoms with Crippen molar-refractivity contribution in [1.82, 2.24) is 30.1 Å². The number of hydrogen-bond acceptors (Lipinski definition) is 5. The normalized spacial score (nSPS) is 15.1. The molecule has 7 heteroatoms. The number of fused-ring (bicyclic) bond motifs is 1. The van der Waals surface area contributed by atoms with Gasteiger partial charge in [-0.15, -0.1) is 5.10 Å². The number of benzene rings is 2. The summed E-state index contributed by atoms with van der Waals surface area (Å²) in [5, 5.41) is 12.1. The zero-order chi connectivity index (χ0) is 23.2. The minimum atomic E-state index is -0.224. The molecular weight excluding hydrogens is 415 g/mol. The van der Waals surface area contributed by atoms with E-state index < -0.39 is 0 Å². The van der Waals surface area contributed by atoms with Crippen LogP contribution in [0.5, 0.6) is 0 Å². The molecule has 0 bridgehead atoms. The van der Waals surface area contributed by atoms with Gasteiger partial charge in [-0.05, 0) is 42.8 Å².